The van der Waals surface area contributed by atoms with Crippen LogP contribution in [0.2, 0.25) is 0 Å². The van der Waals surface area contributed by atoms with Gasteiger partial charge in [-0.1, -0.05) is 0 Å². The Morgan fingerprint density at radius 2 is 2.63 bits per heavy atom. The van der Waals surface area contributed by atoms with Gasteiger partial charge in [-0.15, -0.1) is 0 Å². The van der Waals surface area contributed by atoms with Gasteiger partial charge in [0.2, 0.25) is 0 Å². The highest BCUT2D eigenvalue weighted by Gasteiger charge is 2.17. The SMILES string of the molecule is Cn1cc(/C=C(\C#N)C(=O)NC[C@@H]2CCCO2)cn1. The molecule has 0 radical (unpaired) electrons. The molecule has 1 saturated heterocycles. The maximum absolute atomic E-state index is 11.9. The number of hydrogen-bond donors (Lipinski definition) is 1. The molecule has 1 atom stereocenters. The molecular weight excluding hydrogens is 244 g/mol. The predicted molar refractivity (Wildman–Crippen MR) is 68.8 cm³/mol. The van der Waals surface area contributed by atoms with Crippen LogP contribution in [0.1, 0.15) is 18.4 Å². The molecule has 0 aliphatic carbocycles. The predicted octanol–water partition coefficient (Wildman–Crippen LogP) is 0.622. The summed E-state index contributed by atoms with van der Waals surface area (Å²) in [6.45, 7) is 1.20. The highest BCUT2D eigenvalue weighted by Crippen LogP contribution is 2.11. The third-order valence-corrected chi connectivity index (χ3v) is 2.92. The Morgan fingerprint density at radius 3 is 3.21 bits per heavy atom. The van der Waals surface area contributed by atoms with E-state index in [1.54, 1.807) is 24.1 Å². The first kappa shape index (κ1) is 13.3. The summed E-state index contributed by atoms with van der Waals surface area (Å²) in [5.41, 5.74) is 0.803. The van der Waals surface area contributed by atoms with Crippen molar-refractivity contribution in [3.63, 3.8) is 0 Å². The Bertz CT molecular complexity index is 521. The van der Waals surface area contributed by atoms with E-state index in [2.05, 4.69) is 10.4 Å². The van der Waals surface area contributed by atoms with Gasteiger partial charge in [-0.2, -0.15) is 10.4 Å². The van der Waals surface area contributed by atoms with Gasteiger partial charge in [0.05, 0.1) is 12.3 Å². The summed E-state index contributed by atoms with van der Waals surface area (Å²) in [6, 6.07) is 1.91. The zero-order valence-corrected chi connectivity index (χ0v) is 10.8. The number of aromatic nitrogens is 2. The molecule has 0 unspecified atom stereocenters. The number of nitriles is 1. The monoisotopic (exact) mass is 260 g/mol. The lowest BCUT2D eigenvalue weighted by atomic mass is 10.2. The fourth-order valence-corrected chi connectivity index (χ4v) is 1.94. The normalized spacial score (nSPS) is 19.2. The molecule has 0 bridgehead atoms. The number of carbonyl (C=O) groups excluding carboxylic acids is 1. The van der Waals surface area contributed by atoms with Gasteiger partial charge in [-0.05, 0) is 18.9 Å². The molecule has 1 aliphatic heterocycles. The lowest BCUT2D eigenvalue weighted by Crippen LogP contribution is -2.32. The van der Waals surface area contributed by atoms with Crippen molar-refractivity contribution in [2.24, 2.45) is 7.05 Å². The van der Waals surface area contributed by atoms with Crippen LogP contribution in [-0.2, 0) is 16.6 Å². The smallest absolute Gasteiger partial charge is 0.262 e. The van der Waals surface area contributed by atoms with Crippen LogP contribution in [-0.4, -0.2) is 34.9 Å². The van der Waals surface area contributed by atoms with Crippen LogP contribution in [0, 0.1) is 11.3 Å². The summed E-state index contributed by atoms with van der Waals surface area (Å²) >= 11 is 0. The van der Waals surface area contributed by atoms with Gasteiger partial charge in [0.15, 0.2) is 0 Å². The van der Waals surface area contributed by atoms with Crippen LogP contribution < -0.4 is 5.32 Å². The molecule has 6 nitrogen and oxygen atoms in total. The van der Waals surface area contributed by atoms with Crippen molar-refractivity contribution in [1.82, 2.24) is 15.1 Å². The van der Waals surface area contributed by atoms with Gasteiger partial charge in [0, 0.05) is 32.0 Å². The maximum Gasteiger partial charge on any atom is 0.262 e. The van der Waals surface area contributed by atoms with E-state index in [1.165, 1.54) is 6.08 Å². The van der Waals surface area contributed by atoms with E-state index in [9.17, 15) is 4.79 Å². The zero-order valence-electron chi connectivity index (χ0n) is 10.8. The van der Waals surface area contributed by atoms with Crippen molar-refractivity contribution in [3.8, 4) is 6.07 Å². The van der Waals surface area contributed by atoms with Gasteiger partial charge in [-0.3, -0.25) is 9.48 Å². The van der Waals surface area contributed by atoms with Crippen LogP contribution in [0.25, 0.3) is 6.08 Å². The van der Waals surface area contributed by atoms with Crippen molar-refractivity contribution in [2.45, 2.75) is 18.9 Å². The Morgan fingerprint density at radius 1 is 1.79 bits per heavy atom. The van der Waals surface area contributed by atoms with Gasteiger partial charge in [0.1, 0.15) is 11.6 Å². The molecule has 1 aromatic rings. The first-order chi connectivity index (χ1) is 9.19. The van der Waals surface area contributed by atoms with Gasteiger partial charge in [-0.25, -0.2) is 0 Å². The standard InChI is InChI=1S/C13H16N4O2/c1-17-9-10(7-16-17)5-11(6-14)13(18)15-8-12-3-2-4-19-12/h5,7,9,12H,2-4,8H2,1H3,(H,15,18)/b11-5+/t12-/m0/s1. The average molecular weight is 260 g/mol. The molecule has 0 spiro atoms. The van der Waals surface area contributed by atoms with E-state index >= 15 is 0 Å². The zero-order chi connectivity index (χ0) is 13.7. The highest BCUT2D eigenvalue weighted by atomic mass is 16.5. The van der Waals surface area contributed by atoms with Crippen molar-refractivity contribution in [3.05, 3.63) is 23.5 Å². The molecule has 19 heavy (non-hydrogen) atoms. The van der Waals surface area contributed by atoms with E-state index in [4.69, 9.17) is 10.00 Å². The number of hydrogen-bond acceptors (Lipinski definition) is 4. The van der Waals surface area contributed by atoms with Crippen LogP contribution in [0.5, 0.6) is 0 Å². The number of aryl methyl sites for hydroxylation is 1. The van der Waals surface area contributed by atoms with Gasteiger partial charge in [0.25, 0.3) is 5.91 Å². The first-order valence-corrected chi connectivity index (χ1v) is 6.19. The Balaban J connectivity index is 1.95. The fourth-order valence-electron chi connectivity index (χ4n) is 1.94. The molecule has 100 valence electrons. The number of rotatable bonds is 4. The van der Waals surface area contributed by atoms with Crippen LogP contribution in [0.15, 0.2) is 18.0 Å². The number of carbonyl (C=O) groups is 1. The highest BCUT2D eigenvalue weighted by molar-refractivity contribution is 6.01. The number of ether oxygens (including phenoxy) is 1. The van der Waals surface area contributed by atoms with Crippen molar-refractivity contribution < 1.29 is 9.53 Å². The lowest BCUT2D eigenvalue weighted by Gasteiger charge is -2.09. The van der Waals surface area contributed by atoms with Gasteiger partial charge < -0.3 is 10.1 Å². The maximum atomic E-state index is 11.9. The van der Waals surface area contributed by atoms with Crippen molar-refractivity contribution in [2.75, 3.05) is 13.2 Å². The average Bonchev–Trinajstić information content (AvgIpc) is 3.04. The van der Waals surface area contributed by atoms with E-state index in [0.29, 0.717) is 6.54 Å². The summed E-state index contributed by atoms with van der Waals surface area (Å²) in [6.07, 6.45) is 6.92. The quantitative estimate of drug-likeness (QED) is 0.636. The second-order valence-corrected chi connectivity index (χ2v) is 4.46. The molecule has 0 aromatic carbocycles. The molecule has 1 fully saturated rings. The molecule has 2 rings (SSSR count). The molecule has 0 saturated carbocycles. The van der Waals surface area contributed by atoms with Crippen LogP contribution in [0.3, 0.4) is 0 Å². The Labute approximate surface area is 111 Å². The summed E-state index contributed by atoms with van der Waals surface area (Å²) in [4.78, 5) is 11.9. The minimum Gasteiger partial charge on any atom is -0.376 e. The van der Waals surface area contributed by atoms with E-state index < -0.39 is 0 Å². The largest absolute Gasteiger partial charge is 0.376 e. The Kier molecular flexibility index (Phi) is 4.31. The molecule has 1 amide bonds. The third-order valence-electron chi connectivity index (χ3n) is 2.92. The molecule has 6 heteroatoms. The first-order valence-electron chi connectivity index (χ1n) is 6.19. The summed E-state index contributed by atoms with van der Waals surface area (Å²) in [5, 5.41) is 15.7. The van der Waals surface area contributed by atoms with Crippen LogP contribution >= 0.6 is 0 Å². The molecule has 1 N–H and O–H groups in total. The molecular formula is C13H16N4O2. The van der Waals surface area contributed by atoms with Gasteiger partial charge >= 0.3 is 0 Å². The molecule has 1 aliphatic rings. The molecule has 1 aromatic heterocycles. The molecule has 2 heterocycles. The number of nitrogens with zero attached hydrogens (tertiary/aromatic N) is 3. The minimum absolute atomic E-state index is 0.0716. The van der Waals surface area contributed by atoms with E-state index in [1.807, 2.05) is 6.07 Å². The van der Waals surface area contributed by atoms with E-state index in [-0.39, 0.29) is 17.6 Å². The summed E-state index contributed by atoms with van der Waals surface area (Å²) < 4.78 is 7.02. The second kappa shape index (κ2) is 6.16. The van der Waals surface area contributed by atoms with E-state index in [0.717, 1.165) is 25.0 Å². The number of nitrogens with one attached hydrogen (secondary N) is 1. The third kappa shape index (κ3) is 3.66. The topological polar surface area (TPSA) is 79.9 Å². The Hall–Kier alpha value is -2.13. The minimum atomic E-state index is -0.373. The van der Waals surface area contributed by atoms with Crippen molar-refractivity contribution >= 4 is 12.0 Å². The second-order valence-electron chi connectivity index (χ2n) is 4.46. The van der Waals surface area contributed by atoms with Crippen LogP contribution in [0.4, 0.5) is 0 Å². The van der Waals surface area contributed by atoms with Crippen molar-refractivity contribution in [1.29, 1.82) is 5.26 Å². The lowest BCUT2D eigenvalue weighted by molar-refractivity contribution is -0.117. The fraction of sp³-hybridized carbons (Fsp3) is 0.462. The summed E-state index contributed by atoms with van der Waals surface area (Å²) in [7, 11) is 1.78. The number of amides is 1. The summed E-state index contributed by atoms with van der Waals surface area (Å²) in [5.74, 6) is -0.373.